The Kier molecular flexibility index (Phi) is 39.0. The van der Waals surface area contributed by atoms with E-state index in [1.165, 1.54) is 141 Å². The maximum absolute atomic E-state index is 12.5. The molecule has 0 radical (unpaired) electrons. The van der Waals surface area contributed by atoms with E-state index in [0.29, 0.717) is 74.0 Å². The molecule has 10 aliphatic rings. The predicted molar refractivity (Wildman–Crippen MR) is 441 cm³/mol. The second-order valence-corrected chi connectivity index (χ2v) is 45.0. The maximum Gasteiger partial charge on any atom is 0.162 e. The zero-order valence-corrected chi connectivity index (χ0v) is 73.7. The standard InChI is InChI=1S/C17H30O2.2C16H28O2.C16H30O2.2C15H26O2/c1-17(2,3)11-15(18)16(19-12-14-8-9-14)10-13-6-4-5-7-13;1-11-7-13(11)8-15(18-10-12-5-6-12)14(17)9-16(2,3)4;1-16(2,3)10-14(17)15(9-12-5-4-6-12)18-11-13-7-8-13;1-15(2,3)9-13(17)14(10-16(4,5)6)18-11-12-7-8-12;1-15(2,3)9-13(16)14(8-11-4-5-11)17-10-12-6-7-12;1-11(2)8-14(17-10-12-6-7-12)13(16)9-15(3,4)5/h13-14,16H,4-12H2,1-3H3;11-13,15H,5-10H2,1-4H3;12-13,15H,4-11H2,1-3H3;12,14H,7-11H2,1-6H3;11-12,14H,4-10H2,1-3H3;12,14H,1,6-10H2,2-5H3. The summed E-state index contributed by atoms with van der Waals surface area (Å²) in [5, 5.41) is 0. The van der Waals surface area contributed by atoms with Gasteiger partial charge >= 0.3 is 0 Å². The first kappa shape index (κ1) is 95.1. The molecule has 0 bridgehead atoms. The highest BCUT2D eigenvalue weighted by Crippen LogP contribution is 2.44. The zero-order chi connectivity index (χ0) is 79.9. The summed E-state index contributed by atoms with van der Waals surface area (Å²) in [5.41, 5.74) is 1.57. The molecule has 10 fully saturated rings. The summed E-state index contributed by atoms with van der Waals surface area (Å²) in [6.45, 7) is 57.6. The van der Waals surface area contributed by atoms with Gasteiger partial charge in [0.15, 0.2) is 34.7 Å². The lowest BCUT2D eigenvalue weighted by molar-refractivity contribution is -0.135. The highest BCUT2D eigenvalue weighted by Gasteiger charge is 2.40. The molecule has 0 heterocycles. The molecule has 0 N–H and O–H groups in total. The number of carbonyl (C=O) groups is 6. The monoisotopic (exact) mass is 1500 g/mol. The summed E-state index contributed by atoms with van der Waals surface area (Å²) in [5.74, 6) is 9.99. The molecule has 0 amide bonds. The van der Waals surface area contributed by atoms with Crippen molar-refractivity contribution in [2.45, 2.75) is 414 Å². The first-order chi connectivity index (χ1) is 49.5. The molecule has 10 aliphatic carbocycles. The molecule has 0 aromatic heterocycles. The molecule has 0 saturated heterocycles. The van der Waals surface area contributed by atoms with Gasteiger partial charge in [0.05, 0.1) is 39.6 Å². The first-order valence-electron chi connectivity index (χ1n) is 44.0. The minimum Gasteiger partial charge on any atom is -0.370 e. The summed E-state index contributed by atoms with van der Waals surface area (Å²) < 4.78 is 35.4. The third kappa shape index (κ3) is 49.7. The van der Waals surface area contributed by atoms with Gasteiger partial charge in [-0.15, -0.1) is 6.58 Å². The van der Waals surface area contributed by atoms with Gasteiger partial charge in [-0.3, -0.25) is 28.8 Å². The third-order valence-electron chi connectivity index (χ3n) is 21.9. The third-order valence-corrected chi connectivity index (χ3v) is 21.9. The van der Waals surface area contributed by atoms with Crippen LogP contribution >= 0.6 is 0 Å². The Balaban J connectivity index is 0.000000230. The lowest BCUT2D eigenvalue weighted by Gasteiger charge is -2.30. The van der Waals surface area contributed by atoms with E-state index < -0.39 is 0 Å². The lowest BCUT2D eigenvalue weighted by atomic mass is 9.79. The second-order valence-electron chi connectivity index (χ2n) is 45.0. The smallest absolute Gasteiger partial charge is 0.162 e. The van der Waals surface area contributed by atoms with Crippen LogP contribution in [0.5, 0.6) is 0 Å². The van der Waals surface area contributed by atoms with E-state index >= 15 is 0 Å². The molecule has 107 heavy (non-hydrogen) atoms. The van der Waals surface area contributed by atoms with Crippen LogP contribution in [0.1, 0.15) is 378 Å². The van der Waals surface area contributed by atoms with Gasteiger partial charge in [-0.25, -0.2) is 0 Å². The number of hydrogen-bond acceptors (Lipinski definition) is 12. The average Bonchev–Trinajstić information content (AvgIpc) is 1.68. The van der Waals surface area contributed by atoms with Crippen molar-refractivity contribution in [2.24, 2.45) is 103 Å². The maximum atomic E-state index is 12.5. The van der Waals surface area contributed by atoms with Gasteiger partial charge < -0.3 is 28.4 Å². The minimum atomic E-state index is -0.271. The fourth-order valence-electron chi connectivity index (χ4n) is 13.9. The fourth-order valence-corrected chi connectivity index (χ4v) is 13.9. The number of Topliss-reactive ketones (excluding diaryl/α,β-unsaturated/α-hetero) is 6. The van der Waals surface area contributed by atoms with Gasteiger partial charge in [0.1, 0.15) is 36.6 Å². The van der Waals surface area contributed by atoms with Crippen molar-refractivity contribution in [1.82, 2.24) is 0 Å². The van der Waals surface area contributed by atoms with Crippen LogP contribution in [0.3, 0.4) is 0 Å². The largest absolute Gasteiger partial charge is 0.370 e. The quantitative estimate of drug-likeness (QED) is 0.0534. The van der Waals surface area contributed by atoms with E-state index in [1.807, 2.05) is 6.92 Å². The number of hydrogen-bond donors (Lipinski definition) is 0. The van der Waals surface area contributed by atoms with Crippen molar-refractivity contribution in [3.05, 3.63) is 12.2 Å². The Morgan fingerprint density at radius 1 is 0.290 bits per heavy atom. The molecular weight excluding hydrogens is 1330 g/mol. The van der Waals surface area contributed by atoms with Crippen LogP contribution in [0.25, 0.3) is 0 Å². The molecule has 8 unspecified atom stereocenters. The molecule has 0 spiro atoms. The predicted octanol–water partition coefficient (Wildman–Crippen LogP) is 23.7. The SMILES string of the molecule is C=C(C)CC(OCC1CC1)C(=O)CC(C)(C)C.CC(C)(C)CC(=O)C(CC(C)(C)C)OCC1CC1.CC(C)(C)CC(=O)C(CC1CC1)OCC1CC1.CC(C)(C)CC(=O)C(CC1CCC1)OCC1CC1.CC(C)(C)CC(=O)C(CC1CCCC1)OCC1CC1.CC1CC1CC(OCC1CC1)C(=O)CC(C)(C)C. The number of rotatable bonds is 41. The highest BCUT2D eigenvalue weighted by atomic mass is 16.5. The lowest BCUT2D eigenvalue weighted by Crippen LogP contribution is -2.32. The van der Waals surface area contributed by atoms with Crippen molar-refractivity contribution in [3.63, 3.8) is 0 Å². The van der Waals surface area contributed by atoms with E-state index in [1.54, 1.807) is 0 Å². The van der Waals surface area contributed by atoms with E-state index in [-0.39, 0.29) is 86.1 Å². The number of carbonyl (C=O) groups excluding carboxylic acids is 6. The highest BCUT2D eigenvalue weighted by molar-refractivity contribution is 5.86. The van der Waals surface area contributed by atoms with Crippen molar-refractivity contribution in [3.8, 4) is 0 Å². The van der Waals surface area contributed by atoms with Gasteiger partial charge in [-0.05, 0) is 226 Å². The normalized spacial score (nSPS) is 22.3. The van der Waals surface area contributed by atoms with Gasteiger partial charge in [-0.1, -0.05) is 216 Å². The first-order valence-corrected chi connectivity index (χ1v) is 44.0. The number of ether oxygens (including phenoxy) is 6. The summed E-state index contributed by atoms with van der Waals surface area (Å²) in [6, 6.07) is 0. The van der Waals surface area contributed by atoms with Crippen LogP contribution in [-0.2, 0) is 57.2 Å². The van der Waals surface area contributed by atoms with Gasteiger partial charge in [0, 0.05) is 44.9 Å². The second kappa shape index (κ2) is 43.9. The Morgan fingerprint density at radius 3 is 0.701 bits per heavy atom. The Morgan fingerprint density at radius 2 is 0.495 bits per heavy atom. The van der Waals surface area contributed by atoms with Crippen molar-refractivity contribution < 1.29 is 57.2 Å². The average molecular weight is 1500 g/mol. The van der Waals surface area contributed by atoms with Crippen molar-refractivity contribution in [2.75, 3.05) is 39.6 Å². The molecule has 12 nitrogen and oxygen atoms in total. The van der Waals surface area contributed by atoms with E-state index in [9.17, 15) is 28.8 Å². The molecule has 620 valence electrons. The Hall–Kier alpha value is -2.48. The van der Waals surface area contributed by atoms with E-state index in [0.717, 1.165) is 136 Å². The Labute approximate surface area is 657 Å². The zero-order valence-electron chi connectivity index (χ0n) is 73.7. The molecule has 8 atom stereocenters. The van der Waals surface area contributed by atoms with Crippen LogP contribution < -0.4 is 0 Å². The van der Waals surface area contributed by atoms with E-state index in [2.05, 4.69) is 159 Å². The summed E-state index contributed by atoms with van der Waals surface area (Å²) in [4.78, 5) is 73.9. The minimum absolute atomic E-state index is 0.0351. The summed E-state index contributed by atoms with van der Waals surface area (Å²) in [6.07, 6.45) is 36.7. The van der Waals surface area contributed by atoms with Gasteiger partial charge in [-0.2, -0.15) is 0 Å². The summed E-state index contributed by atoms with van der Waals surface area (Å²) >= 11 is 0. The molecule has 10 rings (SSSR count). The molecule has 0 aliphatic heterocycles. The topological polar surface area (TPSA) is 158 Å². The van der Waals surface area contributed by atoms with E-state index in [4.69, 9.17) is 28.4 Å². The van der Waals surface area contributed by atoms with Crippen LogP contribution in [0.2, 0.25) is 0 Å². The molecule has 12 heteroatoms. The van der Waals surface area contributed by atoms with Gasteiger partial charge in [0.25, 0.3) is 0 Å². The van der Waals surface area contributed by atoms with Crippen molar-refractivity contribution >= 4 is 34.7 Å². The van der Waals surface area contributed by atoms with Gasteiger partial charge in [0.2, 0.25) is 0 Å². The fraction of sp³-hybridized carbons (Fsp3) is 0.916. The van der Waals surface area contributed by atoms with Crippen LogP contribution in [0, 0.1) is 103 Å². The number of ketones is 6. The molecular formula is C95H168O12. The molecule has 0 aromatic carbocycles. The Bertz CT molecular complexity index is 2590. The molecule has 0 aromatic rings. The van der Waals surface area contributed by atoms with Crippen LogP contribution in [0.4, 0.5) is 0 Å². The summed E-state index contributed by atoms with van der Waals surface area (Å²) in [7, 11) is 0. The van der Waals surface area contributed by atoms with Crippen LogP contribution in [0.15, 0.2) is 12.2 Å². The molecule has 10 saturated carbocycles. The van der Waals surface area contributed by atoms with Crippen LogP contribution in [-0.4, -0.2) is 111 Å². The van der Waals surface area contributed by atoms with Crippen molar-refractivity contribution in [1.29, 1.82) is 0 Å².